The van der Waals surface area contributed by atoms with Crippen molar-refractivity contribution in [2.45, 2.75) is 38.0 Å². The molecule has 5 heteroatoms. The summed E-state index contributed by atoms with van der Waals surface area (Å²) in [6.45, 7) is 2.09. The van der Waals surface area contributed by atoms with E-state index in [1.807, 2.05) is 11.4 Å². The summed E-state index contributed by atoms with van der Waals surface area (Å²) in [5.41, 5.74) is 2.81. The first-order valence-electron chi connectivity index (χ1n) is 5.07. The smallest absolute Gasteiger partial charge is 0.0829 e. The van der Waals surface area contributed by atoms with Gasteiger partial charge in [0.05, 0.1) is 23.3 Å². The predicted molar refractivity (Wildman–Crippen MR) is 63.0 cm³/mol. The fourth-order valence-corrected chi connectivity index (χ4v) is 3.24. The van der Waals surface area contributed by atoms with Crippen LogP contribution in [0.4, 0.5) is 0 Å². The Kier molecular flexibility index (Phi) is 3.64. The molecule has 3 nitrogen and oxygen atoms in total. The molecular weight excluding hydrogens is 232 g/mol. The number of hydrazine groups is 1. The van der Waals surface area contributed by atoms with Gasteiger partial charge < -0.3 is 4.74 Å². The van der Waals surface area contributed by atoms with Gasteiger partial charge in [0.25, 0.3) is 0 Å². The highest BCUT2D eigenvalue weighted by molar-refractivity contribution is 7.10. The monoisotopic (exact) mass is 246 g/mol. The van der Waals surface area contributed by atoms with Gasteiger partial charge in [0.2, 0.25) is 0 Å². The summed E-state index contributed by atoms with van der Waals surface area (Å²) >= 11 is 7.70. The average Bonchev–Trinajstić information content (AvgIpc) is 2.79. The van der Waals surface area contributed by atoms with Gasteiger partial charge in [-0.3, -0.25) is 5.84 Å². The molecule has 2 heterocycles. The van der Waals surface area contributed by atoms with E-state index in [0.717, 1.165) is 22.7 Å². The molecular formula is C10H15ClN2OS. The molecule has 0 radical (unpaired) electrons. The summed E-state index contributed by atoms with van der Waals surface area (Å²) < 4.78 is 5.80. The fourth-order valence-electron chi connectivity index (χ4n) is 1.96. The molecule has 84 valence electrons. The van der Waals surface area contributed by atoms with Crippen LogP contribution in [-0.2, 0) is 4.74 Å². The van der Waals surface area contributed by atoms with Crippen LogP contribution in [0.15, 0.2) is 11.4 Å². The largest absolute Gasteiger partial charge is 0.373 e. The Morgan fingerprint density at radius 1 is 1.67 bits per heavy atom. The van der Waals surface area contributed by atoms with Gasteiger partial charge in [-0.1, -0.05) is 11.6 Å². The molecule has 0 aromatic carbocycles. The Morgan fingerprint density at radius 2 is 2.47 bits per heavy atom. The van der Waals surface area contributed by atoms with E-state index in [4.69, 9.17) is 22.2 Å². The summed E-state index contributed by atoms with van der Waals surface area (Å²) in [5, 5.41) is 2.74. The van der Waals surface area contributed by atoms with Crippen molar-refractivity contribution in [1.29, 1.82) is 0 Å². The number of nitrogens with two attached hydrogens (primary N) is 1. The van der Waals surface area contributed by atoms with Crippen LogP contribution in [0, 0.1) is 0 Å². The highest BCUT2D eigenvalue weighted by Gasteiger charge is 2.31. The molecule has 0 spiro atoms. The van der Waals surface area contributed by atoms with Crippen molar-refractivity contribution in [3.8, 4) is 0 Å². The normalized spacial score (nSPS) is 28.2. The molecule has 1 aliphatic rings. The summed E-state index contributed by atoms with van der Waals surface area (Å²) in [7, 11) is 0. The Hall–Kier alpha value is -0.130. The van der Waals surface area contributed by atoms with E-state index in [0.29, 0.717) is 6.10 Å². The third-order valence-corrected chi connectivity index (χ3v) is 4.18. The second-order valence-corrected chi connectivity index (χ2v) is 5.19. The SMILES string of the molecule is CC1CCC(C(NN)c2sccc2Cl)O1. The summed E-state index contributed by atoms with van der Waals surface area (Å²) in [5.74, 6) is 5.58. The van der Waals surface area contributed by atoms with Crippen molar-refractivity contribution in [1.82, 2.24) is 5.43 Å². The number of hydrogen-bond donors (Lipinski definition) is 2. The number of rotatable bonds is 3. The maximum atomic E-state index is 6.09. The van der Waals surface area contributed by atoms with Gasteiger partial charge in [0, 0.05) is 4.88 Å². The van der Waals surface area contributed by atoms with Crippen LogP contribution in [0.2, 0.25) is 5.02 Å². The minimum Gasteiger partial charge on any atom is -0.373 e. The molecule has 3 atom stereocenters. The topological polar surface area (TPSA) is 47.3 Å². The molecule has 1 aliphatic heterocycles. The fraction of sp³-hybridized carbons (Fsp3) is 0.600. The van der Waals surface area contributed by atoms with Gasteiger partial charge in [-0.2, -0.15) is 0 Å². The van der Waals surface area contributed by atoms with E-state index in [1.165, 1.54) is 0 Å². The Labute approximate surface area is 98.5 Å². The van der Waals surface area contributed by atoms with E-state index >= 15 is 0 Å². The number of hydrogen-bond acceptors (Lipinski definition) is 4. The van der Waals surface area contributed by atoms with E-state index in [2.05, 4.69) is 12.3 Å². The number of ether oxygens (including phenoxy) is 1. The standard InChI is InChI=1S/C10H15ClN2OS/c1-6-2-3-8(14-6)9(13-12)10-7(11)4-5-15-10/h4-6,8-9,13H,2-3,12H2,1H3. The first kappa shape index (κ1) is 11.4. The van der Waals surface area contributed by atoms with Crippen LogP contribution in [0.1, 0.15) is 30.7 Å². The van der Waals surface area contributed by atoms with Gasteiger partial charge in [0.1, 0.15) is 0 Å². The second-order valence-electron chi connectivity index (χ2n) is 3.84. The van der Waals surface area contributed by atoms with E-state index in [-0.39, 0.29) is 12.1 Å². The maximum absolute atomic E-state index is 6.09. The van der Waals surface area contributed by atoms with Crippen LogP contribution in [0.3, 0.4) is 0 Å². The molecule has 3 unspecified atom stereocenters. The van der Waals surface area contributed by atoms with Crippen LogP contribution in [0.25, 0.3) is 0 Å². The zero-order chi connectivity index (χ0) is 10.8. The number of halogens is 1. The highest BCUT2D eigenvalue weighted by Crippen LogP contribution is 2.35. The second kappa shape index (κ2) is 4.80. The molecule has 0 bridgehead atoms. The Bertz CT molecular complexity index is 331. The lowest BCUT2D eigenvalue weighted by atomic mass is 10.1. The molecule has 1 fully saturated rings. The number of thiophene rings is 1. The third-order valence-electron chi connectivity index (χ3n) is 2.74. The van der Waals surface area contributed by atoms with Crippen LogP contribution >= 0.6 is 22.9 Å². The van der Waals surface area contributed by atoms with Crippen LogP contribution < -0.4 is 11.3 Å². The van der Waals surface area contributed by atoms with Crippen molar-refractivity contribution in [2.24, 2.45) is 5.84 Å². The average molecular weight is 247 g/mol. The van der Waals surface area contributed by atoms with Gasteiger partial charge in [-0.15, -0.1) is 11.3 Å². The lowest BCUT2D eigenvalue weighted by molar-refractivity contribution is 0.0324. The predicted octanol–water partition coefficient (Wildman–Crippen LogP) is 2.47. The third kappa shape index (κ3) is 2.34. The zero-order valence-electron chi connectivity index (χ0n) is 8.57. The molecule has 15 heavy (non-hydrogen) atoms. The zero-order valence-corrected chi connectivity index (χ0v) is 10.1. The van der Waals surface area contributed by atoms with Crippen LogP contribution in [0.5, 0.6) is 0 Å². The van der Waals surface area contributed by atoms with E-state index in [9.17, 15) is 0 Å². The summed E-state index contributed by atoms with van der Waals surface area (Å²) in [4.78, 5) is 1.07. The molecule has 0 amide bonds. The molecule has 0 aliphatic carbocycles. The van der Waals surface area contributed by atoms with E-state index in [1.54, 1.807) is 11.3 Å². The van der Waals surface area contributed by atoms with Crippen molar-refractivity contribution in [2.75, 3.05) is 0 Å². The van der Waals surface area contributed by atoms with Crippen molar-refractivity contribution >= 4 is 22.9 Å². The highest BCUT2D eigenvalue weighted by atomic mass is 35.5. The quantitative estimate of drug-likeness (QED) is 0.636. The molecule has 0 saturated carbocycles. The maximum Gasteiger partial charge on any atom is 0.0829 e. The van der Waals surface area contributed by atoms with Gasteiger partial charge in [-0.25, -0.2) is 5.43 Å². The molecule has 3 N–H and O–H groups in total. The van der Waals surface area contributed by atoms with Gasteiger partial charge in [0.15, 0.2) is 0 Å². The molecule has 1 aromatic rings. The minimum absolute atomic E-state index is 0.0162. The molecule has 2 rings (SSSR count). The lowest BCUT2D eigenvalue weighted by Crippen LogP contribution is -2.36. The van der Waals surface area contributed by atoms with Crippen molar-refractivity contribution in [3.63, 3.8) is 0 Å². The van der Waals surface area contributed by atoms with E-state index < -0.39 is 0 Å². The molecule has 1 saturated heterocycles. The lowest BCUT2D eigenvalue weighted by Gasteiger charge is -2.22. The first-order chi connectivity index (χ1) is 7.22. The van der Waals surface area contributed by atoms with Gasteiger partial charge in [-0.05, 0) is 31.2 Å². The van der Waals surface area contributed by atoms with Crippen molar-refractivity contribution < 1.29 is 4.74 Å². The van der Waals surface area contributed by atoms with Crippen molar-refractivity contribution in [3.05, 3.63) is 21.3 Å². The van der Waals surface area contributed by atoms with Crippen LogP contribution in [-0.4, -0.2) is 12.2 Å². The molecule has 1 aromatic heterocycles. The summed E-state index contributed by atoms with van der Waals surface area (Å²) in [6.07, 6.45) is 2.58. The number of nitrogens with one attached hydrogen (secondary N) is 1. The summed E-state index contributed by atoms with van der Waals surface area (Å²) in [6, 6.07) is 1.91. The minimum atomic E-state index is 0.0162. The Morgan fingerprint density at radius 3 is 2.93 bits per heavy atom. The Balaban J connectivity index is 2.14. The first-order valence-corrected chi connectivity index (χ1v) is 6.32. The van der Waals surface area contributed by atoms with Gasteiger partial charge >= 0.3 is 0 Å².